The van der Waals surface area contributed by atoms with Crippen molar-refractivity contribution in [2.75, 3.05) is 5.75 Å². The number of nitrogens with zero attached hydrogens (tertiary/aromatic N) is 3. The summed E-state index contributed by atoms with van der Waals surface area (Å²) in [5.74, 6) is 0.621. The highest BCUT2D eigenvalue weighted by Crippen LogP contribution is 2.25. The summed E-state index contributed by atoms with van der Waals surface area (Å²) >= 11 is 1.48. The standard InChI is InChI=1S/C11H19F2N3S/c1-11(2,3)6-5-7-17-10-15-14-9(8(12)13)16(10)4/h8H,5-7H2,1-4H3. The molecule has 6 heteroatoms. The first-order valence-electron chi connectivity index (χ1n) is 5.61. The molecule has 0 aliphatic heterocycles. The zero-order valence-corrected chi connectivity index (χ0v) is 11.5. The van der Waals surface area contributed by atoms with Gasteiger partial charge >= 0.3 is 0 Å². The minimum atomic E-state index is -2.56. The third kappa shape index (κ3) is 4.61. The molecule has 98 valence electrons. The van der Waals surface area contributed by atoms with Crippen molar-refractivity contribution in [2.24, 2.45) is 12.5 Å². The number of halogens is 2. The Morgan fingerprint density at radius 3 is 2.41 bits per heavy atom. The lowest BCUT2D eigenvalue weighted by atomic mass is 9.91. The second-order valence-corrected chi connectivity index (χ2v) is 6.28. The second kappa shape index (κ2) is 5.80. The van der Waals surface area contributed by atoms with Gasteiger partial charge in [-0.25, -0.2) is 8.78 Å². The van der Waals surface area contributed by atoms with E-state index >= 15 is 0 Å². The lowest BCUT2D eigenvalue weighted by molar-refractivity contribution is 0.135. The van der Waals surface area contributed by atoms with E-state index in [-0.39, 0.29) is 5.82 Å². The van der Waals surface area contributed by atoms with Crippen molar-refractivity contribution in [3.05, 3.63) is 5.82 Å². The molecule has 0 aromatic carbocycles. The van der Waals surface area contributed by atoms with Crippen molar-refractivity contribution >= 4 is 11.8 Å². The fraction of sp³-hybridized carbons (Fsp3) is 0.818. The van der Waals surface area contributed by atoms with Gasteiger partial charge in [-0.1, -0.05) is 32.5 Å². The average molecular weight is 263 g/mol. The zero-order chi connectivity index (χ0) is 13.1. The smallest absolute Gasteiger partial charge is 0.297 e. The van der Waals surface area contributed by atoms with Gasteiger partial charge in [-0.3, -0.25) is 0 Å². The van der Waals surface area contributed by atoms with E-state index in [1.165, 1.54) is 16.3 Å². The molecule has 1 heterocycles. The predicted octanol–water partition coefficient (Wildman–Crippen LogP) is 3.67. The lowest BCUT2D eigenvalue weighted by Crippen LogP contribution is -2.05. The third-order valence-corrected chi connectivity index (χ3v) is 3.47. The summed E-state index contributed by atoms with van der Waals surface area (Å²) in [6.45, 7) is 6.57. The highest BCUT2D eigenvalue weighted by Gasteiger charge is 2.17. The van der Waals surface area contributed by atoms with Gasteiger partial charge in [0.2, 0.25) is 5.82 Å². The van der Waals surface area contributed by atoms with Crippen LogP contribution in [0.2, 0.25) is 0 Å². The first kappa shape index (κ1) is 14.4. The Balaban J connectivity index is 2.43. The van der Waals surface area contributed by atoms with Gasteiger partial charge in [0.15, 0.2) is 5.16 Å². The molecule has 0 fully saturated rings. The molecule has 0 aliphatic rings. The van der Waals surface area contributed by atoms with Crippen molar-refractivity contribution in [3.63, 3.8) is 0 Å². The summed E-state index contributed by atoms with van der Waals surface area (Å²) < 4.78 is 26.3. The van der Waals surface area contributed by atoms with Gasteiger partial charge in [-0.2, -0.15) is 0 Å². The van der Waals surface area contributed by atoms with Gasteiger partial charge in [0.25, 0.3) is 6.43 Å². The van der Waals surface area contributed by atoms with E-state index in [1.54, 1.807) is 7.05 Å². The number of thioether (sulfide) groups is 1. The lowest BCUT2D eigenvalue weighted by Gasteiger charge is -2.17. The Morgan fingerprint density at radius 2 is 1.94 bits per heavy atom. The van der Waals surface area contributed by atoms with Crippen LogP contribution in [0.15, 0.2) is 5.16 Å². The minimum absolute atomic E-state index is 0.261. The fourth-order valence-corrected chi connectivity index (χ4v) is 2.26. The van der Waals surface area contributed by atoms with Gasteiger partial charge in [-0.05, 0) is 18.3 Å². The third-order valence-electron chi connectivity index (χ3n) is 2.37. The number of alkyl halides is 2. The quantitative estimate of drug-likeness (QED) is 0.600. The van der Waals surface area contributed by atoms with Gasteiger partial charge in [0.1, 0.15) is 0 Å². The highest BCUT2D eigenvalue weighted by atomic mass is 32.2. The van der Waals surface area contributed by atoms with E-state index in [4.69, 9.17) is 0 Å². The van der Waals surface area contributed by atoms with Crippen LogP contribution < -0.4 is 0 Å². The molecule has 0 spiro atoms. The molecule has 0 atom stereocenters. The molecule has 0 radical (unpaired) electrons. The van der Waals surface area contributed by atoms with Crippen LogP contribution in [0, 0.1) is 5.41 Å². The Kier molecular flexibility index (Phi) is 4.91. The van der Waals surface area contributed by atoms with Crippen LogP contribution in [0.5, 0.6) is 0 Å². The zero-order valence-electron chi connectivity index (χ0n) is 10.7. The van der Waals surface area contributed by atoms with Crippen molar-refractivity contribution in [3.8, 4) is 0 Å². The maximum Gasteiger partial charge on any atom is 0.297 e. The molecule has 0 aliphatic carbocycles. The van der Waals surface area contributed by atoms with Gasteiger partial charge < -0.3 is 4.57 Å². The Bertz CT molecular complexity index is 358. The molecule has 3 nitrogen and oxygen atoms in total. The molecule has 0 amide bonds. The summed E-state index contributed by atoms with van der Waals surface area (Å²) in [5.41, 5.74) is 0.314. The van der Waals surface area contributed by atoms with E-state index in [1.807, 2.05) is 0 Å². The van der Waals surface area contributed by atoms with E-state index in [0.717, 1.165) is 18.6 Å². The minimum Gasteiger partial charge on any atom is -0.304 e. The van der Waals surface area contributed by atoms with Crippen molar-refractivity contribution in [1.82, 2.24) is 14.8 Å². The molecule has 17 heavy (non-hydrogen) atoms. The molecule has 0 saturated carbocycles. The number of rotatable bonds is 5. The van der Waals surface area contributed by atoms with E-state index in [9.17, 15) is 8.78 Å². The van der Waals surface area contributed by atoms with Crippen LogP contribution in [0.3, 0.4) is 0 Å². The maximum absolute atomic E-state index is 12.5. The Labute approximate surface area is 105 Å². The summed E-state index contributed by atoms with van der Waals surface area (Å²) in [7, 11) is 1.58. The number of aromatic nitrogens is 3. The van der Waals surface area contributed by atoms with Gasteiger partial charge in [-0.15, -0.1) is 10.2 Å². The molecule has 0 saturated heterocycles. The van der Waals surface area contributed by atoms with E-state index < -0.39 is 6.43 Å². The normalized spacial score (nSPS) is 12.4. The van der Waals surface area contributed by atoms with E-state index in [2.05, 4.69) is 31.0 Å². The predicted molar refractivity (Wildman–Crippen MR) is 65.4 cm³/mol. The first-order chi connectivity index (χ1) is 7.81. The van der Waals surface area contributed by atoms with Crippen LogP contribution in [-0.4, -0.2) is 20.5 Å². The molecule has 1 aromatic rings. The summed E-state index contributed by atoms with van der Waals surface area (Å²) in [6.07, 6.45) is -0.402. The molecule has 1 rings (SSSR count). The largest absolute Gasteiger partial charge is 0.304 e. The first-order valence-corrected chi connectivity index (χ1v) is 6.60. The van der Waals surface area contributed by atoms with Crippen LogP contribution in [-0.2, 0) is 7.05 Å². The molecular weight excluding hydrogens is 244 g/mol. The second-order valence-electron chi connectivity index (χ2n) is 5.21. The van der Waals surface area contributed by atoms with E-state index in [0.29, 0.717) is 10.6 Å². The molecule has 0 N–H and O–H groups in total. The Hall–Kier alpha value is -0.650. The van der Waals surface area contributed by atoms with Crippen LogP contribution >= 0.6 is 11.8 Å². The number of hydrogen-bond acceptors (Lipinski definition) is 3. The van der Waals surface area contributed by atoms with Crippen molar-refractivity contribution < 1.29 is 8.78 Å². The van der Waals surface area contributed by atoms with Gasteiger partial charge in [0, 0.05) is 12.8 Å². The van der Waals surface area contributed by atoms with Crippen LogP contribution in [0.4, 0.5) is 8.78 Å². The molecular formula is C11H19F2N3S. The summed E-state index contributed by atoms with van der Waals surface area (Å²) in [4.78, 5) is 0. The molecule has 1 aromatic heterocycles. The summed E-state index contributed by atoms with van der Waals surface area (Å²) in [5, 5.41) is 7.82. The van der Waals surface area contributed by atoms with Crippen molar-refractivity contribution in [2.45, 2.75) is 45.2 Å². The van der Waals surface area contributed by atoms with Crippen LogP contribution in [0.25, 0.3) is 0 Å². The van der Waals surface area contributed by atoms with Crippen molar-refractivity contribution in [1.29, 1.82) is 0 Å². The maximum atomic E-state index is 12.5. The SMILES string of the molecule is Cn1c(SCCCC(C)(C)C)nnc1C(F)F. The average Bonchev–Trinajstić information content (AvgIpc) is 2.53. The summed E-state index contributed by atoms with van der Waals surface area (Å²) in [6, 6.07) is 0. The molecule has 0 bridgehead atoms. The molecule has 0 unspecified atom stereocenters. The van der Waals surface area contributed by atoms with Crippen LogP contribution in [0.1, 0.15) is 45.9 Å². The highest BCUT2D eigenvalue weighted by molar-refractivity contribution is 7.99. The van der Waals surface area contributed by atoms with Gasteiger partial charge in [0.05, 0.1) is 0 Å². The monoisotopic (exact) mass is 263 g/mol. The Morgan fingerprint density at radius 1 is 1.29 bits per heavy atom. The topological polar surface area (TPSA) is 30.7 Å². The fourth-order valence-electron chi connectivity index (χ4n) is 1.41. The number of hydrogen-bond donors (Lipinski definition) is 0.